The van der Waals surface area contributed by atoms with Gasteiger partial charge in [-0.1, -0.05) is 32.9 Å². The summed E-state index contributed by atoms with van der Waals surface area (Å²) in [5.41, 5.74) is 1.51. The minimum absolute atomic E-state index is 0.0250. The summed E-state index contributed by atoms with van der Waals surface area (Å²) in [4.78, 5) is 11.1. The first-order valence-corrected chi connectivity index (χ1v) is 6.33. The number of benzene rings is 1. The van der Waals surface area contributed by atoms with Crippen LogP contribution in [0.2, 0.25) is 0 Å². The second-order valence-corrected chi connectivity index (χ2v) is 5.75. The molecule has 1 aromatic carbocycles. The molecule has 0 amide bonds. The molecule has 2 rings (SSSR count). The van der Waals surface area contributed by atoms with Gasteiger partial charge in [0.15, 0.2) is 5.69 Å². The van der Waals surface area contributed by atoms with Gasteiger partial charge in [-0.2, -0.15) is 5.10 Å². The molecule has 20 heavy (non-hydrogen) atoms. The van der Waals surface area contributed by atoms with E-state index in [9.17, 15) is 9.18 Å². The van der Waals surface area contributed by atoms with Gasteiger partial charge in [0.25, 0.3) is 0 Å². The highest BCUT2D eigenvalue weighted by molar-refractivity contribution is 5.85. The highest BCUT2D eigenvalue weighted by Gasteiger charge is 2.23. The number of halogens is 1. The molecule has 0 radical (unpaired) electrons. The normalized spacial score (nSPS) is 11.6. The Kier molecular flexibility index (Phi) is 3.61. The zero-order valence-electron chi connectivity index (χ0n) is 11.7. The number of nitrogens with zero attached hydrogens (tertiary/aromatic N) is 2. The van der Waals surface area contributed by atoms with Crippen molar-refractivity contribution >= 4 is 5.97 Å². The molecule has 1 heterocycles. The van der Waals surface area contributed by atoms with Gasteiger partial charge in [-0.05, 0) is 23.8 Å². The van der Waals surface area contributed by atoms with Crippen LogP contribution in [0.5, 0.6) is 0 Å². The largest absolute Gasteiger partial charge is 0.476 e. The van der Waals surface area contributed by atoms with Crippen molar-refractivity contribution in [2.45, 2.75) is 32.7 Å². The van der Waals surface area contributed by atoms with Crippen molar-refractivity contribution in [2.24, 2.45) is 0 Å². The molecular formula is C15H17FN2O2. The molecule has 106 valence electrons. The lowest BCUT2D eigenvalue weighted by atomic mass is 9.91. The molecule has 0 spiro atoms. The van der Waals surface area contributed by atoms with Crippen LogP contribution in [-0.4, -0.2) is 20.9 Å². The van der Waals surface area contributed by atoms with Crippen molar-refractivity contribution < 1.29 is 14.3 Å². The number of aromatic carboxylic acids is 1. The number of carboxylic acid groups (broad SMARTS) is 1. The smallest absolute Gasteiger partial charge is 0.356 e. The Bertz CT molecular complexity index is 624. The molecule has 4 nitrogen and oxygen atoms in total. The lowest BCUT2D eigenvalue weighted by molar-refractivity contribution is 0.0689. The first-order valence-electron chi connectivity index (χ1n) is 6.33. The van der Waals surface area contributed by atoms with Crippen LogP contribution in [0.1, 0.15) is 42.5 Å². The van der Waals surface area contributed by atoms with Crippen molar-refractivity contribution in [3.05, 3.63) is 53.1 Å². The Balaban J connectivity index is 2.39. The molecule has 0 unspecified atom stereocenters. The van der Waals surface area contributed by atoms with E-state index in [-0.39, 0.29) is 16.9 Å². The van der Waals surface area contributed by atoms with Gasteiger partial charge in [-0.25, -0.2) is 9.18 Å². The van der Waals surface area contributed by atoms with Crippen LogP contribution in [0.15, 0.2) is 30.3 Å². The Morgan fingerprint density at radius 3 is 2.40 bits per heavy atom. The third-order valence-corrected chi connectivity index (χ3v) is 3.01. The van der Waals surface area contributed by atoms with Crippen molar-refractivity contribution in [2.75, 3.05) is 0 Å². The summed E-state index contributed by atoms with van der Waals surface area (Å²) in [5.74, 6) is -1.34. The van der Waals surface area contributed by atoms with Crippen molar-refractivity contribution in [3.8, 4) is 0 Å². The van der Waals surface area contributed by atoms with E-state index < -0.39 is 5.97 Å². The van der Waals surface area contributed by atoms with Crippen LogP contribution in [-0.2, 0) is 12.0 Å². The number of hydrogen-bond donors (Lipinski definition) is 1. The number of rotatable bonds is 3. The van der Waals surface area contributed by atoms with E-state index in [1.54, 1.807) is 22.9 Å². The summed E-state index contributed by atoms with van der Waals surface area (Å²) in [5, 5.41) is 13.2. The molecule has 0 aliphatic carbocycles. The van der Waals surface area contributed by atoms with Gasteiger partial charge in [-0.15, -0.1) is 0 Å². The van der Waals surface area contributed by atoms with Gasteiger partial charge < -0.3 is 5.11 Å². The molecule has 5 heteroatoms. The minimum atomic E-state index is -1.05. The van der Waals surface area contributed by atoms with E-state index in [1.165, 1.54) is 12.1 Å². The fraction of sp³-hybridized carbons (Fsp3) is 0.333. The first-order chi connectivity index (χ1) is 9.27. The number of carbonyl (C=O) groups is 1. The zero-order valence-corrected chi connectivity index (χ0v) is 11.7. The number of hydrogen-bond acceptors (Lipinski definition) is 2. The third-order valence-electron chi connectivity index (χ3n) is 3.01. The highest BCUT2D eigenvalue weighted by Crippen LogP contribution is 2.24. The molecule has 0 saturated heterocycles. The van der Waals surface area contributed by atoms with E-state index in [1.807, 2.05) is 20.8 Å². The molecule has 1 N–H and O–H groups in total. The van der Waals surface area contributed by atoms with Crippen LogP contribution < -0.4 is 0 Å². The van der Waals surface area contributed by atoms with Crippen LogP contribution >= 0.6 is 0 Å². The van der Waals surface area contributed by atoms with Crippen molar-refractivity contribution in [1.82, 2.24) is 9.78 Å². The Labute approximate surface area is 116 Å². The first kappa shape index (κ1) is 14.2. The van der Waals surface area contributed by atoms with Crippen molar-refractivity contribution in [3.63, 3.8) is 0 Å². The summed E-state index contributed by atoms with van der Waals surface area (Å²) < 4.78 is 14.6. The van der Waals surface area contributed by atoms with Gasteiger partial charge in [0, 0.05) is 11.1 Å². The summed E-state index contributed by atoms with van der Waals surface area (Å²) in [6.45, 7) is 6.41. The second-order valence-electron chi connectivity index (χ2n) is 5.75. The maximum absolute atomic E-state index is 12.9. The third kappa shape index (κ3) is 3.04. The molecule has 0 aliphatic rings. The zero-order chi connectivity index (χ0) is 14.9. The lowest BCUT2D eigenvalue weighted by Gasteiger charge is -2.20. The minimum Gasteiger partial charge on any atom is -0.476 e. The van der Waals surface area contributed by atoms with E-state index in [2.05, 4.69) is 5.10 Å². The van der Waals surface area contributed by atoms with Gasteiger partial charge in [0.2, 0.25) is 0 Å². The summed E-state index contributed by atoms with van der Waals surface area (Å²) in [7, 11) is 0. The summed E-state index contributed by atoms with van der Waals surface area (Å²) >= 11 is 0. The predicted octanol–water partition coefficient (Wildman–Crippen LogP) is 3.07. The second kappa shape index (κ2) is 5.07. The van der Waals surface area contributed by atoms with Gasteiger partial charge in [-0.3, -0.25) is 4.68 Å². The summed E-state index contributed by atoms with van der Waals surface area (Å²) in [6, 6.07) is 7.70. The molecule has 2 aromatic rings. The Morgan fingerprint density at radius 2 is 1.90 bits per heavy atom. The SMILES string of the molecule is CC(C)(C)c1cc(C(=O)O)nn1Cc1ccc(F)cc1. The topological polar surface area (TPSA) is 55.1 Å². The standard InChI is InChI=1S/C15H17FN2O2/c1-15(2,3)13-8-12(14(19)20)17-18(13)9-10-4-6-11(16)7-5-10/h4-8H,9H2,1-3H3,(H,19,20). The molecule has 0 atom stereocenters. The predicted molar refractivity (Wildman–Crippen MR) is 73.4 cm³/mol. The van der Waals surface area contributed by atoms with Gasteiger partial charge in [0.05, 0.1) is 6.54 Å². The average molecular weight is 276 g/mol. The van der Waals surface area contributed by atoms with E-state index >= 15 is 0 Å². The molecular weight excluding hydrogens is 259 g/mol. The fourth-order valence-corrected chi connectivity index (χ4v) is 2.01. The van der Waals surface area contributed by atoms with Crippen LogP contribution in [0.25, 0.3) is 0 Å². The highest BCUT2D eigenvalue weighted by atomic mass is 19.1. The van der Waals surface area contributed by atoms with E-state index in [0.717, 1.165) is 11.3 Å². The number of carboxylic acids is 1. The Morgan fingerprint density at radius 1 is 1.30 bits per heavy atom. The molecule has 1 aromatic heterocycles. The number of aromatic nitrogens is 2. The van der Waals surface area contributed by atoms with Crippen molar-refractivity contribution in [1.29, 1.82) is 0 Å². The maximum atomic E-state index is 12.9. The molecule has 0 fully saturated rings. The molecule has 0 bridgehead atoms. The molecule has 0 saturated carbocycles. The van der Waals surface area contributed by atoms with Gasteiger partial charge >= 0.3 is 5.97 Å². The monoisotopic (exact) mass is 276 g/mol. The summed E-state index contributed by atoms with van der Waals surface area (Å²) in [6.07, 6.45) is 0. The van der Waals surface area contributed by atoms with Crippen LogP contribution in [0, 0.1) is 5.82 Å². The molecule has 0 aliphatic heterocycles. The van der Waals surface area contributed by atoms with E-state index in [4.69, 9.17) is 5.11 Å². The fourth-order valence-electron chi connectivity index (χ4n) is 2.01. The van der Waals surface area contributed by atoms with E-state index in [0.29, 0.717) is 6.54 Å². The van der Waals surface area contributed by atoms with Crippen LogP contribution in [0.4, 0.5) is 4.39 Å². The average Bonchev–Trinajstić information content (AvgIpc) is 2.76. The maximum Gasteiger partial charge on any atom is 0.356 e. The Hall–Kier alpha value is -2.17. The lowest BCUT2D eigenvalue weighted by Crippen LogP contribution is -2.19. The van der Waals surface area contributed by atoms with Gasteiger partial charge in [0.1, 0.15) is 5.82 Å². The quantitative estimate of drug-likeness (QED) is 0.937. The van der Waals surface area contributed by atoms with Crippen LogP contribution in [0.3, 0.4) is 0 Å².